The first kappa shape index (κ1) is 15.4. The number of methoxy groups -OCH3 is 1. The fraction of sp³-hybridized carbons (Fsp3) is 0.250. The van der Waals surface area contributed by atoms with E-state index < -0.39 is 10.8 Å². The summed E-state index contributed by atoms with van der Waals surface area (Å²) in [5.74, 6) is 1.93. The molecule has 1 atom stereocenters. The second-order valence-corrected chi connectivity index (χ2v) is 6.04. The molecule has 1 unspecified atom stereocenters. The van der Waals surface area contributed by atoms with Gasteiger partial charge in [-0.15, -0.1) is 0 Å². The Labute approximate surface area is 127 Å². The Balaban J connectivity index is 1.80. The van der Waals surface area contributed by atoms with E-state index in [1.807, 2.05) is 36.4 Å². The Morgan fingerprint density at radius 2 is 1.95 bits per heavy atom. The molecule has 0 aliphatic heterocycles. The summed E-state index contributed by atoms with van der Waals surface area (Å²) in [5.41, 5.74) is 6.40. The lowest BCUT2D eigenvalue weighted by molar-refractivity contribution is 0.320. The van der Waals surface area contributed by atoms with Gasteiger partial charge in [0.05, 0.1) is 30.2 Å². The smallest absolute Gasteiger partial charge is 0.142 e. The molecule has 0 heterocycles. The molecule has 0 saturated heterocycles. The SMILES string of the molecule is COc1cccc(S(=O)CCCOc2ccccc2N)c1. The van der Waals surface area contributed by atoms with Crippen LogP contribution in [0.5, 0.6) is 11.5 Å². The van der Waals surface area contributed by atoms with E-state index in [1.165, 1.54) is 0 Å². The highest BCUT2D eigenvalue weighted by Crippen LogP contribution is 2.20. The second-order valence-electron chi connectivity index (χ2n) is 4.47. The molecular formula is C16H19NO3S. The molecule has 0 fully saturated rings. The number of rotatable bonds is 7. The lowest BCUT2D eigenvalue weighted by atomic mass is 10.3. The maximum Gasteiger partial charge on any atom is 0.142 e. The van der Waals surface area contributed by atoms with Gasteiger partial charge in [-0.05, 0) is 36.8 Å². The van der Waals surface area contributed by atoms with Crippen molar-refractivity contribution in [1.29, 1.82) is 0 Å². The number of nitrogen functional groups attached to an aromatic ring is 1. The minimum absolute atomic E-state index is 0.490. The van der Waals surface area contributed by atoms with Gasteiger partial charge >= 0.3 is 0 Å². The Morgan fingerprint density at radius 1 is 1.14 bits per heavy atom. The van der Waals surface area contributed by atoms with Gasteiger partial charge in [0.2, 0.25) is 0 Å². The number of benzene rings is 2. The van der Waals surface area contributed by atoms with Crippen molar-refractivity contribution in [3.05, 3.63) is 48.5 Å². The first-order valence-electron chi connectivity index (χ1n) is 6.70. The van der Waals surface area contributed by atoms with E-state index in [0.29, 0.717) is 36.0 Å². The minimum Gasteiger partial charge on any atom is -0.497 e. The third kappa shape index (κ3) is 4.49. The van der Waals surface area contributed by atoms with Crippen molar-refractivity contribution < 1.29 is 13.7 Å². The van der Waals surface area contributed by atoms with Gasteiger partial charge in [0.1, 0.15) is 11.5 Å². The molecule has 0 amide bonds. The first-order chi connectivity index (χ1) is 10.2. The van der Waals surface area contributed by atoms with Crippen LogP contribution in [0, 0.1) is 0 Å². The van der Waals surface area contributed by atoms with E-state index in [1.54, 1.807) is 19.2 Å². The molecule has 4 nitrogen and oxygen atoms in total. The van der Waals surface area contributed by atoms with E-state index in [4.69, 9.17) is 15.2 Å². The maximum absolute atomic E-state index is 12.2. The topological polar surface area (TPSA) is 61.5 Å². The van der Waals surface area contributed by atoms with Crippen molar-refractivity contribution in [3.8, 4) is 11.5 Å². The zero-order valence-corrected chi connectivity index (χ0v) is 12.8. The van der Waals surface area contributed by atoms with Crippen LogP contribution in [0.1, 0.15) is 6.42 Å². The van der Waals surface area contributed by atoms with Crippen molar-refractivity contribution in [1.82, 2.24) is 0 Å². The Morgan fingerprint density at radius 3 is 2.71 bits per heavy atom. The number of nitrogens with two attached hydrogens (primary N) is 1. The van der Waals surface area contributed by atoms with Crippen LogP contribution in [0.15, 0.2) is 53.4 Å². The summed E-state index contributed by atoms with van der Waals surface area (Å²) in [5, 5.41) is 0. The number of ether oxygens (including phenoxy) is 2. The molecule has 112 valence electrons. The molecule has 21 heavy (non-hydrogen) atoms. The number of hydrogen-bond donors (Lipinski definition) is 1. The van der Waals surface area contributed by atoms with Crippen molar-refractivity contribution in [2.75, 3.05) is 25.2 Å². The van der Waals surface area contributed by atoms with Crippen LogP contribution in [0.25, 0.3) is 0 Å². The highest BCUT2D eigenvalue weighted by Gasteiger charge is 2.05. The van der Waals surface area contributed by atoms with Crippen LogP contribution in [0.4, 0.5) is 5.69 Å². The molecular weight excluding hydrogens is 286 g/mol. The molecule has 0 aliphatic carbocycles. The summed E-state index contributed by atoms with van der Waals surface area (Å²) in [4.78, 5) is 0.772. The summed E-state index contributed by atoms with van der Waals surface area (Å²) in [6.45, 7) is 0.490. The third-order valence-corrected chi connectivity index (χ3v) is 4.39. The van der Waals surface area contributed by atoms with Gasteiger partial charge < -0.3 is 15.2 Å². The Kier molecular flexibility index (Phi) is 5.63. The van der Waals surface area contributed by atoms with Crippen LogP contribution < -0.4 is 15.2 Å². The first-order valence-corrected chi connectivity index (χ1v) is 8.02. The average Bonchev–Trinajstić information content (AvgIpc) is 2.53. The zero-order valence-electron chi connectivity index (χ0n) is 12.0. The standard InChI is InChI=1S/C16H19NO3S/c1-19-13-6-4-7-14(12-13)21(18)11-5-10-20-16-9-3-2-8-15(16)17/h2-4,6-9,12H,5,10-11,17H2,1H3. The predicted molar refractivity (Wildman–Crippen MR) is 85.2 cm³/mol. The maximum atomic E-state index is 12.2. The van der Waals surface area contributed by atoms with E-state index >= 15 is 0 Å². The summed E-state index contributed by atoms with van der Waals surface area (Å²) in [6, 6.07) is 14.7. The lowest BCUT2D eigenvalue weighted by Crippen LogP contribution is -2.06. The number of hydrogen-bond acceptors (Lipinski definition) is 4. The molecule has 0 bridgehead atoms. The normalized spacial score (nSPS) is 11.9. The zero-order chi connectivity index (χ0) is 15.1. The molecule has 0 spiro atoms. The molecule has 5 heteroatoms. The van der Waals surface area contributed by atoms with Crippen LogP contribution in [0.2, 0.25) is 0 Å². The molecule has 0 saturated carbocycles. The molecule has 0 radical (unpaired) electrons. The van der Waals surface area contributed by atoms with Gasteiger partial charge in [-0.25, -0.2) is 0 Å². The molecule has 0 aromatic heterocycles. The van der Waals surface area contributed by atoms with E-state index in [9.17, 15) is 4.21 Å². The fourth-order valence-corrected chi connectivity index (χ4v) is 2.94. The monoisotopic (exact) mass is 305 g/mol. The van der Waals surface area contributed by atoms with Gasteiger partial charge in [-0.2, -0.15) is 0 Å². The van der Waals surface area contributed by atoms with Crippen LogP contribution in [-0.2, 0) is 10.8 Å². The third-order valence-electron chi connectivity index (χ3n) is 2.95. The molecule has 2 aromatic rings. The average molecular weight is 305 g/mol. The molecule has 2 aromatic carbocycles. The van der Waals surface area contributed by atoms with Gasteiger partial charge in [0.15, 0.2) is 0 Å². The van der Waals surface area contributed by atoms with Crippen molar-refractivity contribution in [2.24, 2.45) is 0 Å². The summed E-state index contributed by atoms with van der Waals surface area (Å²) >= 11 is 0. The fourth-order valence-electron chi connectivity index (χ4n) is 1.84. The van der Waals surface area contributed by atoms with Crippen molar-refractivity contribution >= 4 is 16.5 Å². The number of anilines is 1. The predicted octanol–water partition coefficient (Wildman–Crippen LogP) is 2.85. The second kappa shape index (κ2) is 7.69. The minimum atomic E-state index is -1.05. The molecule has 2 N–H and O–H groups in total. The Bertz CT molecular complexity index is 616. The van der Waals surface area contributed by atoms with Crippen LogP contribution in [0.3, 0.4) is 0 Å². The van der Waals surface area contributed by atoms with Gasteiger partial charge in [-0.1, -0.05) is 18.2 Å². The van der Waals surface area contributed by atoms with E-state index in [0.717, 1.165) is 4.90 Å². The highest BCUT2D eigenvalue weighted by atomic mass is 32.2. The molecule has 2 rings (SSSR count). The van der Waals surface area contributed by atoms with Gasteiger partial charge in [0, 0.05) is 10.6 Å². The van der Waals surface area contributed by atoms with Crippen molar-refractivity contribution in [2.45, 2.75) is 11.3 Å². The van der Waals surface area contributed by atoms with Gasteiger partial charge in [0.25, 0.3) is 0 Å². The van der Waals surface area contributed by atoms with E-state index in [-0.39, 0.29) is 0 Å². The quantitative estimate of drug-likeness (QED) is 0.631. The summed E-state index contributed by atoms with van der Waals surface area (Å²) in [6.07, 6.45) is 0.693. The summed E-state index contributed by atoms with van der Waals surface area (Å²) in [7, 11) is 0.548. The lowest BCUT2D eigenvalue weighted by Gasteiger charge is -2.08. The highest BCUT2D eigenvalue weighted by molar-refractivity contribution is 7.85. The summed E-state index contributed by atoms with van der Waals surface area (Å²) < 4.78 is 22.9. The van der Waals surface area contributed by atoms with Gasteiger partial charge in [-0.3, -0.25) is 4.21 Å². The largest absolute Gasteiger partial charge is 0.497 e. The van der Waals surface area contributed by atoms with Crippen LogP contribution in [-0.4, -0.2) is 23.7 Å². The van der Waals surface area contributed by atoms with Crippen LogP contribution >= 0.6 is 0 Å². The van der Waals surface area contributed by atoms with Crippen molar-refractivity contribution in [3.63, 3.8) is 0 Å². The van der Waals surface area contributed by atoms with E-state index in [2.05, 4.69) is 0 Å². The Hall–Kier alpha value is -2.01. The molecule has 0 aliphatic rings. The number of para-hydroxylation sites is 2.